The maximum Gasteiger partial charge on any atom is 0.281 e. The molecule has 0 radical (unpaired) electrons. The third-order valence-electron chi connectivity index (χ3n) is 2.41. The van der Waals surface area contributed by atoms with Crippen molar-refractivity contribution in [1.29, 1.82) is 0 Å². The molecule has 1 aliphatic rings. The van der Waals surface area contributed by atoms with Crippen molar-refractivity contribution in [2.45, 2.75) is 19.8 Å². The van der Waals surface area contributed by atoms with Crippen LogP contribution in [-0.4, -0.2) is 44.2 Å². The van der Waals surface area contributed by atoms with Crippen LogP contribution >= 0.6 is 0 Å². The molecular weight excluding hydrogens is 188 g/mol. The average Bonchev–Trinajstić information content (AvgIpc) is 2.04. The maximum atomic E-state index is 11.7. The predicted molar refractivity (Wildman–Crippen MR) is 52.6 cm³/mol. The molecule has 1 fully saturated rings. The molecule has 1 aliphatic heterocycles. The first kappa shape index (κ1) is 10.9. The molecule has 0 spiro atoms. The van der Waals surface area contributed by atoms with Gasteiger partial charge in [0.25, 0.3) is 10.2 Å². The minimum absolute atomic E-state index is 0.489. The van der Waals surface area contributed by atoms with E-state index >= 15 is 0 Å². The molecule has 0 amide bonds. The summed E-state index contributed by atoms with van der Waals surface area (Å²) >= 11 is 0. The molecule has 0 aromatic heterocycles. The van der Waals surface area contributed by atoms with Gasteiger partial charge in [-0.2, -0.15) is 17.0 Å². The third kappa shape index (κ3) is 2.42. The molecule has 1 saturated heterocycles. The molecule has 13 heavy (non-hydrogen) atoms. The second-order valence-corrected chi connectivity index (χ2v) is 6.04. The predicted octanol–water partition coefficient (Wildman–Crippen LogP) is 0.525. The zero-order valence-electron chi connectivity index (χ0n) is 8.52. The summed E-state index contributed by atoms with van der Waals surface area (Å²) in [5.41, 5.74) is 0. The van der Waals surface area contributed by atoms with Crippen LogP contribution in [0.4, 0.5) is 0 Å². The Morgan fingerprint density at radius 1 is 1.38 bits per heavy atom. The van der Waals surface area contributed by atoms with Crippen molar-refractivity contribution >= 4 is 10.2 Å². The monoisotopic (exact) mass is 206 g/mol. The van der Waals surface area contributed by atoms with Crippen LogP contribution in [0, 0.1) is 5.92 Å². The Morgan fingerprint density at radius 2 is 2.00 bits per heavy atom. The molecule has 0 aliphatic carbocycles. The van der Waals surface area contributed by atoms with Crippen molar-refractivity contribution < 1.29 is 8.42 Å². The zero-order chi connectivity index (χ0) is 10.1. The van der Waals surface area contributed by atoms with Gasteiger partial charge in [-0.05, 0) is 18.8 Å². The van der Waals surface area contributed by atoms with Crippen LogP contribution in [-0.2, 0) is 10.2 Å². The van der Waals surface area contributed by atoms with Gasteiger partial charge in [0.05, 0.1) is 0 Å². The van der Waals surface area contributed by atoms with Crippen molar-refractivity contribution in [2.75, 3.05) is 27.2 Å². The van der Waals surface area contributed by atoms with E-state index in [1.54, 1.807) is 18.4 Å². The highest BCUT2D eigenvalue weighted by molar-refractivity contribution is 7.86. The first-order valence-corrected chi connectivity index (χ1v) is 6.02. The lowest BCUT2D eigenvalue weighted by Crippen LogP contribution is -2.44. The van der Waals surface area contributed by atoms with Gasteiger partial charge in [0.2, 0.25) is 0 Å². The van der Waals surface area contributed by atoms with Crippen LogP contribution in [0.15, 0.2) is 0 Å². The SMILES string of the molecule is CC1CCCN(S(=O)(=O)N(C)C)C1. The van der Waals surface area contributed by atoms with E-state index in [1.807, 2.05) is 0 Å². The lowest BCUT2D eigenvalue weighted by Gasteiger charge is -2.31. The number of nitrogens with zero attached hydrogens (tertiary/aromatic N) is 2. The molecule has 1 heterocycles. The summed E-state index contributed by atoms with van der Waals surface area (Å²) in [4.78, 5) is 0. The quantitative estimate of drug-likeness (QED) is 0.661. The van der Waals surface area contributed by atoms with Crippen LogP contribution in [0.3, 0.4) is 0 Å². The molecular formula is C8H18N2O2S. The second-order valence-electron chi connectivity index (χ2n) is 3.90. The molecule has 78 valence electrons. The van der Waals surface area contributed by atoms with Crippen molar-refractivity contribution in [3.8, 4) is 0 Å². The minimum atomic E-state index is -3.17. The van der Waals surface area contributed by atoms with Crippen molar-refractivity contribution in [1.82, 2.24) is 8.61 Å². The van der Waals surface area contributed by atoms with E-state index in [0.717, 1.165) is 12.8 Å². The highest BCUT2D eigenvalue weighted by atomic mass is 32.2. The van der Waals surface area contributed by atoms with E-state index in [0.29, 0.717) is 19.0 Å². The van der Waals surface area contributed by atoms with Gasteiger partial charge in [0.1, 0.15) is 0 Å². The average molecular weight is 206 g/mol. The fraction of sp³-hybridized carbons (Fsp3) is 1.00. The van der Waals surface area contributed by atoms with Gasteiger partial charge in [-0.3, -0.25) is 0 Å². The van der Waals surface area contributed by atoms with Gasteiger partial charge in [-0.1, -0.05) is 6.92 Å². The van der Waals surface area contributed by atoms with E-state index in [-0.39, 0.29) is 0 Å². The molecule has 4 nitrogen and oxygen atoms in total. The first-order chi connectivity index (χ1) is 5.94. The Morgan fingerprint density at radius 3 is 2.46 bits per heavy atom. The van der Waals surface area contributed by atoms with Crippen LogP contribution in [0.25, 0.3) is 0 Å². The lowest BCUT2D eigenvalue weighted by molar-refractivity contribution is 0.268. The zero-order valence-corrected chi connectivity index (χ0v) is 9.34. The topological polar surface area (TPSA) is 40.6 Å². The van der Waals surface area contributed by atoms with Crippen LogP contribution in [0.5, 0.6) is 0 Å². The highest BCUT2D eigenvalue weighted by Crippen LogP contribution is 2.19. The third-order valence-corrected chi connectivity index (χ3v) is 4.31. The summed E-state index contributed by atoms with van der Waals surface area (Å²) < 4.78 is 26.2. The van der Waals surface area contributed by atoms with E-state index < -0.39 is 10.2 Å². The number of piperidine rings is 1. The Bertz CT molecular complexity index is 261. The van der Waals surface area contributed by atoms with E-state index in [4.69, 9.17) is 0 Å². The van der Waals surface area contributed by atoms with Crippen LogP contribution in [0.1, 0.15) is 19.8 Å². The summed E-state index contributed by atoms with van der Waals surface area (Å²) in [6.07, 6.45) is 2.12. The Hall–Kier alpha value is -0.130. The fourth-order valence-corrected chi connectivity index (χ4v) is 2.85. The summed E-state index contributed by atoms with van der Waals surface area (Å²) in [6, 6.07) is 0. The van der Waals surface area contributed by atoms with Gasteiger partial charge in [-0.15, -0.1) is 0 Å². The number of rotatable bonds is 2. The molecule has 0 saturated carbocycles. The summed E-state index contributed by atoms with van der Waals surface area (Å²) in [5, 5.41) is 0. The normalized spacial score (nSPS) is 26.6. The molecule has 0 bridgehead atoms. The van der Waals surface area contributed by atoms with Crippen LogP contribution < -0.4 is 0 Å². The van der Waals surface area contributed by atoms with Crippen molar-refractivity contribution in [2.24, 2.45) is 5.92 Å². The van der Waals surface area contributed by atoms with Gasteiger partial charge in [-0.25, -0.2) is 0 Å². The van der Waals surface area contributed by atoms with Gasteiger partial charge >= 0.3 is 0 Å². The summed E-state index contributed by atoms with van der Waals surface area (Å²) in [5.74, 6) is 0.489. The number of hydrogen-bond acceptors (Lipinski definition) is 2. The lowest BCUT2D eigenvalue weighted by atomic mass is 10.0. The van der Waals surface area contributed by atoms with Gasteiger partial charge < -0.3 is 0 Å². The molecule has 1 unspecified atom stereocenters. The molecule has 1 atom stereocenters. The molecule has 1 rings (SSSR count). The fourth-order valence-electron chi connectivity index (χ4n) is 1.59. The molecule has 0 aromatic carbocycles. The molecule has 5 heteroatoms. The van der Waals surface area contributed by atoms with Gasteiger partial charge in [0, 0.05) is 27.2 Å². The standard InChI is InChI=1S/C8H18N2O2S/c1-8-5-4-6-10(7-8)13(11,12)9(2)3/h8H,4-7H2,1-3H3. The van der Waals surface area contributed by atoms with Crippen LogP contribution in [0.2, 0.25) is 0 Å². The minimum Gasteiger partial charge on any atom is -0.195 e. The van der Waals surface area contributed by atoms with Crippen molar-refractivity contribution in [3.05, 3.63) is 0 Å². The maximum absolute atomic E-state index is 11.7. The number of hydrogen-bond donors (Lipinski definition) is 0. The Balaban J connectivity index is 2.71. The van der Waals surface area contributed by atoms with Crippen molar-refractivity contribution in [3.63, 3.8) is 0 Å². The summed E-state index contributed by atoms with van der Waals surface area (Å²) in [7, 11) is -0.0102. The highest BCUT2D eigenvalue weighted by Gasteiger charge is 2.28. The largest absolute Gasteiger partial charge is 0.281 e. The van der Waals surface area contributed by atoms with E-state index in [9.17, 15) is 8.42 Å². The van der Waals surface area contributed by atoms with E-state index in [2.05, 4.69) is 6.92 Å². The molecule has 0 aromatic rings. The van der Waals surface area contributed by atoms with E-state index in [1.165, 1.54) is 4.31 Å². The van der Waals surface area contributed by atoms with Gasteiger partial charge in [0.15, 0.2) is 0 Å². The smallest absolute Gasteiger partial charge is 0.195 e. The Labute approximate surface area is 80.7 Å². The first-order valence-electron chi connectivity index (χ1n) is 4.62. The summed E-state index contributed by atoms with van der Waals surface area (Å²) in [6.45, 7) is 3.43. The second kappa shape index (κ2) is 3.94. The molecule has 0 N–H and O–H groups in total. The Kier molecular flexibility index (Phi) is 3.32.